The fraction of sp³-hybridized carbons (Fsp3) is 0.0909. The number of aromatic nitrogens is 5. The van der Waals surface area contributed by atoms with E-state index < -0.39 is 16.9 Å². The first-order valence-corrected chi connectivity index (χ1v) is 10.5. The second kappa shape index (κ2) is 9.35. The average Bonchev–Trinajstić information content (AvgIpc) is 2.82. The van der Waals surface area contributed by atoms with Gasteiger partial charge in [-0.05, 0) is 17.7 Å². The van der Waals surface area contributed by atoms with E-state index in [2.05, 4.69) is 15.3 Å². The third-order valence-corrected chi connectivity index (χ3v) is 5.50. The van der Waals surface area contributed by atoms with Crippen molar-refractivity contribution in [2.24, 2.45) is 0 Å². The fourth-order valence-corrected chi connectivity index (χ4v) is 3.77. The van der Waals surface area contributed by atoms with Crippen LogP contribution in [0, 0.1) is 11.3 Å². The number of halogens is 2. The normalized spacial score (nSPS) is 11.6. The summed E-state index contributed by atoms with van der Waals surface area (Å²) in [6.45, 7) is 1.88. The largest absolute Gasteiger partial charge is 0.434 e. The van der Waals surface area contributed by atoms with Crippen LogP contribution in [0.15, 0.2) is 62.9 Å². The van der Waals surface area contributed by atoms with Crippen LogP contribution in [0.4, 0.5) is 0 Å². The van der Waals surface area contributed by atoms with Crippen molar-refractivity contribution in [2.75, 3.05) is 0 Å². The third kappa shape index (κ3) is 4.47. The summed E-state index contributed by atoms with van der Waals surface area (Å²) in [5.41, 5.74) is -1.22. The number of ether oxygens (including phenoxy) is 1. The van der Waals surface area contributed by atoms with E-state index >= 15 is 0 Å². The first-order valence-electron chi connectivity index (χ1n) is 9.74. The van der Waals surface area contributed by atoms with E-state index in [9.17, 15) is 14.4 Å². The lowest BCUT2D eigenvalue weighted by Gasteiger charge is -2.14. The highest BCUT2D eigenvalue weighted by Gasteiger charge is 2.18. The third-order valence-electron chi connectivity index (χ3n) is 4.94. The fourth-order valence-electron chi connectivity index (χ4n) is 3.22. The molecule has 0 amide bonds. The van der Waals surface area contributed by atoms with Gasteiger partial charge in [0.2, 0.25) is 11.6 Å². The Bertz CT molecular complexity index is 1580. The van der Waals surface area contributed by atoms with Gasteiger partial charge in [0, 0.05) is 17.5 Å². The SMILES string of the molecule is C[C@@H](c1ccccc1)c1cc(Oc2c(Cl)cc(-n3nc(C#N)c(=O)[nH]c3=O)cc2Cl)n[nH]c1=O. The van der Waals surface area contributed by atoms with Crippen LogP contribution in [0.3, 0.4) is 0 Å². The van der Waals surface area contributed by atoms with Gasteiger partial charge in [-0.3, -0.25) is 14.6 Å². The first kappa shape index (κ1) is 23.0. The molecule has 2 heterocycles. The quantitative estimate of drug-likeness (QED) is 0.431. The molecule has 10 nitrogen and oxygen atoms in total. The lowest BCUT2D eigenvalue weighted by molar-refractivity contribution is 0.453. The van der Waals surface area contributed by atoms with Gasteiger partial charge in [-0.1, -0.05) is 60.5 Å². The molecule has 0 aliphatic heterocycles. The van der Waals surface area contributed by atoms with Gasteiger partial charge in [-0.2, -0.15) is 9.94 Å². The van der Waals surface area contributed by atoms with Crippen LogP contribution in [-0.4, -0.2) is 25.0 Å². The number of nitrogens with zero attached hydrogens (tertiary/aromatic N) is 4. The van der Waals surface area contributed by atoms with Gasteiger partial charge in [0.05, 0.1) is 15.7 Å². The van der Waals surface area contributed by atoms with Crippen molar-refractivity contribution in [3.05, 3.63) is 107 Å². The van der Waals surface area contributed by atoms with Crippen LogP contribution >= 0.6 is 23.2 Å². The highest BCUT2D eigenvalue weighted by atomic mass is 35.5. The number of hydrogen-bond donors (Lipinski definition) is 2. The average molecular weight is 497 g/mol. The van der Waals surface area contributed by atoms with Crippen molar-refractivity contribution in [1.82, 2.24) is 25.0 Å². The van der Waals surface area contributed by atoms with Crippen LogP contribution in [0.5, 0.6) is 11.6 Å². The number of benzene rings is 2. The summed E-state index contributed by atoms with van der Waals surface area (Å²) >= 11 is 12.7. The summed E-state index contributed by atoms with van der Waals surface area (Å²) in [6.07, 6.45) is 0. The molecular formula is C22H14Cl2N6O4. The predicted molar refractivity (Wildman–Crippen MR) is 124 cm³/mol. The Hall–Kier alpha value is -4.20. The molecule has 0 aliphatic rings. The Kier molecular flexibility index (Phi) is 6.32. The second-order valence-corrected chi connectivity index (χ2v) is 7.91. The van der Waals surface area contributed by atoms with Gasteiger partial charge in [-0.15, -0.1) is 10.2 Å². The highest BCUT2D eigenvalue weighted by Crippen LogP contribution is 2.37. The van der Waals surface area contributed by atoms with E-state index in [1.165, 1.54) is 18.2 Å². The van der Waals surface area contributed by atoms with Gasteiger partial charge in [0.15, 0.2) is 5.75 Å². The number of nitriles is 1. The Morgan fingerprint density at radius 3 is 2.38 bits per heavy atom. The van der Waals surface area contributed by atoms with Crippen molar-refractivity contribution in [2.45, 2.75) is 12.8 Å². The standard InChI is InChI=1S/C22H14Cl2N6O4/c1-11(12-5-3-2-4-6-12)14-9-18(27-28-20(14)31)34-19-15(23)7-13(8-16(19)24)30-22(33)26-21(32)17(10-25)29-30/h2-9,11H,1H3,(H,28,31)(H,26,32,33)/t11-/m0/s1. The molecule has 2 N–H and O–H groups in total. The minimum atomic E-state index is -0.912. The van der Waals surface area contributed by atoms with E-state index in [0.29, 0.717) is 5.56 Å². The van der Waals surface area contributed by atoms with Crippen molar-refractivity contribution in [1.29, 1.82) is 5.26 Å². The zero-order chi connectivity index (χ0) is 24.4. The minimum Gasteiger partial charge on any atom is -0.434 e. The van der Waals surface area contributed by atoms with Gasteiger partial charge in [0.1, 0.15) is 6.07 Å². The summed E-state index contributed by atoms with van der Waals surface area (Å²) in [7, 11) is 0. The number of H-pyrrole nitrogens is 2. The van der Waals surface area contributed by atoms with Crippen molar-refractivity contribution in [3.63, 3.8) is 0 Å². The molecule has 12 heteroatoms. The van der Waals surface area contributed by atoms with Crippen molar-refractivity contribution in [3.8, 4) is 23.4 Å². The Morgan fingerprint density at radius 1 is 1.06 bits per heavy atom. The molecule has 0 radical (unpaired) electrons. The van der Waals surface area contributed by atoms with E-state index in [4.69, 9.17) is 33.2 Å². The number of aromatic amines is 2. The Balaban J connectivity index is 1.70. The molecule has 2 aromatic carbocycles. The van der Waals surface area contributed by atoms with E-state index in [1.807, 2.05) is 42.2 Å². The maximum atomic E-state index is 12.4. The summed E-state index contributed by atoms with van der Waals surface area (Å²) < 4.78 is 6.52. The molecule has 2 aromatic heterocycles. The molecular weight excluding hydrogens is 483 g/mol. The molecule has 0 fully saturated rings. The maximum Gasteiger partial charge on any atom is 0.349 e. The second-order valence-electron chi connectivity index (χ2n) is 7.10. The molecule has 0 unspecified atom stereocenters. The topological polar surface area (TPSA) is 147 Å². The van der Waals surface area contributed by atoms with Gasteiger partial charge >= 0.3 is 5.69 Å². The zero-order valence-corrected chi connectivity index (χ0v) is 18.9. The number of nitrogens with one attached hydrogen (secondary N) is 2. The molecule has 0 saturated carbocycles. The number of rotatable bonds is 5. The predicted octanol–water partition coefficient (Wildman–Crippen LogP) is 3.13. The van der Waals surface area contributed by atoms with E-state index in [1.54, 1.807) is 6.07 Å². The van der Waals surface area contributed by atoms with Gasteiger partial charge in [0.25, 0.3) is 11.1 Å². The van der Waals surface area contributed by atoms with Gasteiger partial charge in [-0.25, -0.2) is 9.89 Å². The first-order chi connectivity index (χ1) is 16.3. The summed E-state index contributed by atoms with van der Waals surface area (Å²) in [5, 5.41) is 19.0. The van der Waals surface area contributed by atoms with Crippen molar-refractivity contribution < 1.29 is 4.74 Å². The van der Waals surface area contributed by atoms with E-state index in [0.717, 1.165) is 10.2 Å². The number of hydrogen-bond acceptors (Lipinski definition) is 7. The summed E-state index contributed by atoms with van der Waals surface area (Å²) in [6, 6.07) is 15.2. The molecule has 0 spiro atoms. The lowest BCUT2D eigenvalue weighted by atomic mass is 9.95. The molecule has 4 rings (SSSR count). The van der Waals surface area contributed by atoms with Gasteiger partial charge < -0.3 is 4.74 Å². The van der Waals surface area contributed by atoms with Crippen molar-refractivity contribution >= 4 is 23.2 Å². The monoisotopic (exact) mass is 496 g/mol. The van der Waals surface area contributed by atoms with Crippen LogP contribution < -0.4 is 21.5 Å². The maximum absolute atomic E-state index is 12.4. The van der Waals surface area contributed by atoms with E-state index in [-0.39, 0.29) is 38.8 Å². The van der Waals surface area contributed by atoms with Crippen LogP contribution in [-0.2, 0) is 0 Å². The highest BCUT2D eigenvalue weighted by molar-refractivity contribution is 6.37. The van der Waals surface area contributed by atoms with Crippen LogP contribution in [0.1, 0.15) is 29.7 Å². The lowest BCUT2D eigenvalue weighted by Crippen LogP contribution is -2.33. The molecule has 170 valence electrons. The zero-order valence-electron chi connectivity index (χ0n) is 17.4. The van der Waals surface area contributed by atoms with Crippen LogP contribution in [0.25, 0.3) is 5.69 Å². The van der Waals surface area contributed by atoms with Crippen LogP contribution in [0.2, 0.25) is 10.0 Å². The molecule has 0 aliphatic carbocycles. The molecule has 1 atom stereocenters. The molecule has 4 aromatic rings. The molecule has 0 bridgehead atoms. The Labute approximate surface area is 201 Å². The summed E-state index contributed by atoms with van der Waals surface area (Å²) in [4.78, 5) is 38.1. The smallest absolute Gasteiger partial charge is 0.349 e. The Morgan fingerprint density at radius 2 is 1.74 bits per heavy atom. The minimum absolute atomic E-state index is 0.00781. The summed E-state index contributed by atoms with van der Waals surface area (Å²) in [5.74, 6) is -0.181. The molecule has 0 saturated heterocycles. The molecule has 34 heavy (non-hydrogen) atoms.